The Labute approximate surface area is 125 Å². The first-order valence-corrected chi connectivity index (χ1v) is 7.30. The maximum atomic E-state index is 11.6. The summed E-state index contributed by atoms with van der Waals surface area (Å²) < 4.78 is 0. The smallest absolute Gasteiger partial charge is 0.251 e. The summed E-state index contributed by atoms with van der Waals surface area (Å²) in [7, 11) is 0. The summed E-state index contributed by atoms with van der Waals surface area (Å²) >= 11 is 7.21. The summed E-state index contributed by atoms with van der Waals surface area (Å²) in [6.45, 7) is 2.03. The van der Waals surface area contributed by atoms with Crippen molar-refractivity contribution >= 4 is 23.4 Å². The van der Waals surface area contributed by atoms with Gasteiger partial charge in [-0.25, -0.2) is 4.98 Å². The number of rotatable bonds is 4. The van der Waals surface area contributed by atoms with E-state index in [9.17, 15) is 4.79 Å². The monoisotopic (exact) mass is 305 g/mol. The van der Waals surface area contributed by atoms with Crippen molar-refractivity contribution in [2.75, 3.05) is 0 Å². The number of H-pyrrole nitrogens is 1. The molecule has 0 aliphatic heterocycles. The van der Waals surface area contributed by atoms with Crippen LogP contribution < -0.4 is 5.56 Å². The second kappa shape index (κ2) is 6.60. The van der Waals surface area contributed by atoms with Gasteiger partial charge in [0.2, 0.25) is 0 Å². The van der Waals surface area contributed by atoms with Crippen molar-refractivity contribution < 1.29 is 0 Å². The third-order valence-corrected chi connectivity index (χ3v) is 3.83. The van der Waals surface area contributed by atoms with Crippen molar-refractivity contribution in [3.8, 4) is 6.07 Å². The number of nitrogens with zero attached hydrogens (tertiary/aromatic N) is 2. The predicted octanol–water partition coefficient (Wildman–Crippen LogP) is 3.40. The van der Waals surface area contributed by atoms with Gasteiger partial charge in [0, 0.05) is 16.7 Å². The molecule has 0 saturated heterocycles. The van der Waals surface area contributed by atoms with Crippen LogP contribution in [0.2, 0.25) is 5.02 Å². The molecule has 6 heteroatoms. The summed E-state index contributed by atoms with van der Waals surface area (Å²) in [5.74, 6) is 0. The fraction of sp³-hybridized carbons (Fsp3) is 0.214. The van der Waals surface area contributed by atoms with Crippen LogP contribution in [-0.4, -0.2) is 9.97 Å². The average Bonchev–Trinajstić information content (AvgIpc) is 2.38. The summed E-state index contributed by atoms with van der Waals surface area (Å²) in [6, 6.07) is 8.77. The number of halogens is 1. The summed E-state index contributed by atoms with van der Waals surface area (Å²) in [5.41, 5.74) is 0.952. The third-order valence-electron chi connectivity index (χ3n) is 2.57. The molecule has 1 N–H and O–H groups in total. The average molecular weight is 306 g/mol. The Hall–Kier alpha value is -1.77. The van der Waals surface area contributed by atoms with Crippen LogP contribution in [0.1, 0.15) is 24.6 Å². The van der Waals surface area contributed by atoms with Crippen LogP contribution in [-0.2, 0) is 6.42 Å². The van der Waals surface area contributed by atoms with Gasteiger partial charge in [0.1, 0.15) is 6.07 Å². The van der Waals surface area contributed by atoms with E-state index < -0.39 is 0 Å². The van der Waals surface area contributed by atoms with E-state index >= 15 is 0 Å². The zero-order valence-corrected chi connectivity index (χ0v) is 12.4. The Kier molecular flexibility index (Phi) is 4.83. The maximum Gasteiger partial charge on any atom is 0.251 e. The molecule has 20 heavy (non-hydrogen) atoms. The van der Waals surface area contributed by atoms with Crippen molar-refractivity contribution in [3.05, 3.63) is 50.9 Å². The Balaban J connectivity index is 2.38. The first kappa shape index (κ1) is 14.6. The molecule has 2 rings (SSSR count). The van der Waals surface area contributed by atoms with Gasteiger partial charge in [-0.05, 0) is 18.6 Å². The molecule has 0 amide bonds. The zero-order chi connectivity index (χ0) is 14.5. The highest BCUT2D eigenvalue weighted by Crippen LogP contribution is 2.31. The van der Waals surface area contributed by atoms with Crippen LogP contribution in [0.3, 0.4) is 0 Å². The van der Waals surface area contributed by atoms with Gasteiger partial charge in [-0.1, -0.05) is 42.8 Å². The van der Waals surface area contributed by atoms with Crippen molar-refractivity contribution in [2.45, 2.75) is 29.8 Å². The lowest BCUT2D eigenvalue weighted by Gasteiger charge is -2.05. The van der Waals surface area contributed by atoms with Gasteiger partial charge in [-0.3, -0.25) is 4.79 Å². The van der Waals surface area contributed by atoms with E-state index in [2.05, 4.69) is 16.0 Å². The zero-order valence-electron chi connectivity index (χ0n) is 10.8. The number of aromatic amines is 1. The lowest BCUT2D eigenvalue weighted by atomic mass is 10.2. The predicted molar refractivity (Wildman–Crippen MR) is 79.1 cm³/mol. The van der Waals surface area contributed by atoms with Crippen LogP contribution in [0.15, 0.2) is 39.1 Å². The van der Waals surface area contributed by atoms with Gasteiger partial charge in [-0.15, -0.1) is 0 Å². The molecule has 1 aromatic heterocycles. The number of nitriles is 1. The van der Waals surface area contributed by atoms with Crippen LogP contribution >= 0.6 is 23.4 Å². The first-order valence-electron chi connectivity index (χ1n) is 6.10. The molecule has 102 valence electrons. The highest BCUT2D eigenvalue weighted by molar-refractivity contribution is 7.99. The molecule has 4 nitrogen and oxygen atoms in total. The Bertz CT molecular complexity index is 721. The Morgan fingerprint density at radius 1 is 1.50 bits per heavy atom. The van der Waals surface area contributed by atoms with Gasteiger partial charge in [0.05, 0.1) is 10.6 Å². The molecule has 0 aliphatic rings. The molecule has 1 heterocycles. The molecule has 0 radical (unpaired) electrons. The number of benzene rings is 1. The lowest BCUT2D eigenvalue weighted by Crippen LogP contribution is -2.09. The van der Waals surface area contributed by atoms with Gasteiger partial charge in [0.15, 0.2) is 5.16 Å². The third kappa shape index (κ3) is 3.41. The van der Waals surface area contributed by atoms with Crippen LogP contribution in [0, 0.1) is 11.3 Å². The summed E-state index contributed by atoms with van der Waals surface area (Å²) in [6.07, 6.45) is 1.67. The molecule has 0 aliphatic carbocycles. The van der Waals surface area contributed by atoms with E-state index in [4.69, 9.17) is 16.9 Å². The molecular weight excluding hydrogens is 294 g/mol. The van der Waals surface area contributed by atoms with Gasteiger partial charge in [0.25, 0.3) is 5.56 Å². The van der Waals surface area contributed by atoms with E-state index in [1.54, 1.807) is 18.2 Å². The SMILES string of the molecule is CCCc1cc(=O)[nH]c(Sc2cccc(Cl)c2C#N)n1. The quantitative estimate of drug-likeness (QED) is 0.879. The van der Waals surface area contributed by atoms with Crippen LogP contribution in [0.4, 0.5) is 0 Å². The van der Waals surface area contributed by atoms with Crippen molar-refractivity contribution in [2.24, 2.45) is 0 Å². The maximum absolute atomic E-state index is 11.6. The Morgan fingerprint density at radius 2 is 2.30 bits per heavy atom. The second-order valence-corrected chi connectivity index (χ2v) is 5.56. The normalized spacial score (nSPS) is 10.2. The van der Waals surface area contributed by atoms with Crippen LogP contribution in [0.25, 0.3) is 0 Å². The molecule has 1 aromatic carbocycles. The van der Waals surface area contributed by atoms with Crippen LogP contribution in [0.5, 0.6) is 0 Å². The number of aromatic nitrogens is 2. The minimum absolute atomic E-state index is 0.188. The highest BCUT2D eigenvalue weighted by atomic mass is 35.5. The molecule has 0 atom stereocenters. The topological polar surface area (TPSA) is 69.5 Å². The fourth-order valence-electron chi connectivity index (χ4n) is 1.72. The van der Waals surface area contributed by atoms with Gasteiger partial charge in [-0.2, -0.15) is 5.26 Å². The number of aryl methyl sites for hydroxylation is 1. The molecule has 0 saturated carbocycles. The molecule has 0 spiro atoms. The summed E-state index contributed by atoms with van der Waals surface area (Å²) in [4.78, 5) is 19.3. The van der Waals surface area contributed by atoms with E-state index in [1.807, 2.05) is 6.92 Å². The Morgan fingerprint density at radius 3 is 3.00 bits per heavy atom. The van der Waals surface area contributed by atoms with E-state index in [-0.39, 0.29) is 5.56 Å². The number of hydrogen-bond donors (Lipinski definition) is 1. The summed E-state index contributed by atoms with van der Waals surface area (Å²) in [5, 5.41) is 10.00. The van der Waals surface area contributed by atoms with Crippen molar-refractivity contribution in [3.63, 3.8) is 0 Å². The first-order chi connectivity index (χ1) is 9.63. The minimum Gasteiger partial charge on any atom is -0.301 e. The highest BCUT2D eigenvalue weighted by Gasteiger charge is 2.10. The van der Waals surface area contributed by atoms with Crippen molar-refractivity contribution in [1.29, 1.82) is 5.26 Å². The minimum atomic E-state index is -0.188. The van der Waals surface area contributed by atoms with E-state index in [0.29, 0.717) is 20.6 Å². The molecule has 2 aromatic rings. The molecule has 0 bridgehead atoms. The lowest BCUT2D eigenvalue weighted by molar-refractivity contribution is 0.816. The fourth-order valence-corrected chi connectivity index (χ4v) is 2.92. The van der Waals surface area contributed by atoms with E-state index in [1.165, 1.54) is 17.8 Å². The molecule has 0 fully saturated rings. The molecular formula is C14H12ClN3OS. The largest absolute Gasteiger partial charge is 0.301 e. The number of hydrogen-bond acceptors (Lipinski definition) is 4. The number of nitrogens with one attached hydrogen (secondary N) is 1. The second-order valence-electron chi connectivity index (χ2n) is 4.12. The van der Waals surface area contributed by atoms with Crippen molar-refractivity contribution in [1.82, 2.24) is 9.97 Å². The van der Waals surface area contributed by atoms with Gasteiger partial charge < -0.3 is 4.98 Å². The van der Waals surface area contributed by atoms with E-state index in [0.717, 1.165) is 18.5 Å². The standard InChI is InChI=1S/C14H12ClN3OS/c1-2-4-9-7-13(19)18-14(17-9)20-12-6-3-5-11(15)10(12)8-16/h3,5-7H,2,4H2,1H3,(H,17,18,19). The van der Waals surface area contributed by atoms with Gasteiger partial charge >= 0.3 is 0 Å². The molecule has 0 unspecified atom stereocenters.